The van der Waals surface area contributed by atoms with Crippen LogP contribution in [0.4, 0.5) is 5.69 Å². The van der Waals surface area contributed by atoms with Gasteiger partial charge in [0, 0.05) is 29.8 Å². The van der Waals surface area contributed by atoms with Gasteiger partial charge in [0.1, 0.15) is 0 Å². The molecule has 1 aromatic carbocycles. The number of piperidine rings is 1. The van der Waals surface area contributed by atoms with Crippen LogP contribution < -0.4 is 5.32 Å². The molecule has 1 aromatic rings. The highest BCUT2D eigenvalue weighted by Crippen LogP contribution is 2.19. The lowest BCUT2D eigenvalue weighted by Crippen LogP contribution is -2.50. The Kier molecular flexibility index (Phi) is 6.60. The van der Waals surface area contributed by atoms with Gasteiger partial charge in [-0.2, -0.15) is 0 Å². The van der Waals surface area contributed by atoms with Gasteiger partial charge in [0.05, 0.1) is 12.6 Å². The molecule has 7 heteroatoms. The molecule has 1 aliphatic heterocycles. The van der Waals surface area contributed by atoms with Crippen molar-refractivity contribution in [3.05, 3.63) is 29.3 Å². The van der Waals surface area contributed by atoms with E-state index >= 15 is 0 Å². The number of rotatable bonds is 6. The number of benzene rings is 1. The third-order valence-corrected chi connectivity index (χ3v) is 4.76. The van der Waals surface area contributed by atoms with E-state index in [0.717, 1.165) is 25.9 Å². The summed E-state index contributed by atoms with van der Waals surface area (Å²) in [5.74, 6) is -0.871. The number of carboxylic acids is 1. The number of halogens is 1. The largest absolute Gasteiger partial charge is 0.480 e. The first-order valence-corrected chi connectivity index (χ1v) is 8.47. The molecule has 0 aromatic heterocycles. The Morgan fingerprint density at radius 3 is 2.67 bits per heavy atom. The molecular weight excluding hydrogens is 330 g/mol. The van der Waals surface area contributed by atoms with Gasteiger partial charge in [0.25, 0.3) is 0 Å². The van der Waals surface area contributed by atoms with E-state index in [-0.39, 0.29) is 24.5 Å². The Morgan fingerprint density at radius 2 is 2.08 bits per heavy atom. The first kappa shape index (κ1) is 18.7. The van der Waals surface area contributed by atoms with Crippen LogP contribution in [-0.2, 0) is 9.59 Å². The molecule has 6 nitrogen and oxygen atoms in total. The Labute approximate surface area is 147 Å². The van der Waals surface area contributed by atoms with Crippen molar-refractivity contribution in [3.8, 4) is 0 Å². The molecule has 1 heterocycles. The standard InChI is InChI=1S/C17H24ClN3O3/c1-12(17(24)19-14-5-3-4-13(18)10-14)21-8-6-15(7-9-21)20(2)11-16(22)23/h3-5,10,12,15H,6-9,11H2,1-2H3,(H,19,24)(H,22,23). The van der Waals surface area contributed by atoms with Gasteiger partial charge in [-0.3, -0.25) is 19.4 Å². The molecule has 1 aliphatic rings. The summed E-state index contributed by atoms with van der Waals surface area (Å²) in [5, 5.41) is 12.3. The number of carboxylic acid groups (broad SMARTS) is 1. The molecule has 2 rings (SSSR count). The molecule has 2 N–H and O–H groups in total. The number of amides is 1. The van der Waals surface area contributed by atoms with Gasteiger partial charge in [0.15, 0.2) is 0 Å². The Bertz CT molecular complexity index is 588. The number of carbonyl (C=O) groups excluding carboxylic acids is 1. The van der Waals surface area contributed by atoms with E-state index < -0.39 is 5.97 Å². The number of hydrogen-bond acceptors (Lipinski definition) is 4. The van der Waals surface area contributed by atoms with Gasteiger partial charge in [-0.05, 0) is 45.0 Å². The Hall–Kier alpha value is -1.63. The summed E-state index contributed by atoms with van der Waals surface area (Å²) in [6.07, 6.45) is 1.72. The summed E-state index contributed by atoms with van der Waals surface area (Å²) < 4.78 is 0. The summed E-state index contributed by atoms with van der Waals surface area (Å²) >= 11 is 5.93. The molecule has 1 atom stereocenters. The first-order valence-electron chi connectivity index (χ1n) is 8.09. The summed E-state index contributed by atoms with van der Waals surface area (Å²) in [7, 11) is 1.84. The fourth-order valence-electron chi connectivity index (χ4n) is 3.04. The van der Waals surface area contributed by atoms with E-state index in [1.54, 1.807) is 18.2 Å². The Balaban J connectivity index is 1.84. The molecule has 1 saturated heterocycles. The average molecular weight is 354 g/mol. The second-order valence-corrected chi connectivity index (χ2v) is 6.69. The van der Waals surface area contributed by atoms with Crippen LogP contribution in [0.3, 0.4) is 0 Å². The highest BCUT2D eigenvalue weighted by molar-refractivity contribution is 6.30. The van der Waals surface area contributed by atoms with Crippen LogP contribution in [0.1, 0.15) is 19.8 Å². The number of anilines is 1. The lowest BCUT2D eigenvalue weighted by atomic mass is 10.0. The van der Waals surface area contributed by atoms with E-state index in [1.807, 2.05) is 24.9 Å². The van der Waals surface area contributed by atoms with Gasteiger partial charge < -0.3 is 10.4 Å². The lowest BCUT2D eigenvalue weighted by Gasteiger charge is -2.38. The van der Waals surface area contributed by atoms with E-state index in [0.29, 0.717) is 10.7 Å². The fourth-order valence-corrected chi connectivity index (χ4v) is 3.23. The van der Waals surface area contributed by atoms with E-state index in [1.165, 1.54) is 0 Å². The van der Waals surface area contributed by atoms with Crippen LogP contribution in [0, 0.1) is 0 Å². The number of hydrogen-bond donors (Lipinski definition) is 2. The molecule has 0 bridgehead atoms. The molecular formula is C17H24ClN3O3. The number of likely N-dealkylation sites (N-methyl/N-ethyl adjacent to an activating group) is 1. The molecule has 0 radical (unpaired) electrons. The number of aliphatic carboxylic acids is 1. The van der Waals surface area contributed by atoms with Crippen molar-refractivity contribution >= 4 is 29.2 Å². The van der Waals surface area contributed by atoms with Crippen LogP contribution in [0.15, 0.2) is 24.3 Å². The Morgan fingerprint density at radius 1 is 1.42 bits per heavy atom. The minimum absolute atomic E-state index is 0.0511. The summed E-state index contributed by atoms with van der Waals surface area (Å²) in [6.45, 7) is 3.49. The maximum absolute atomic E-state index is 12.4. The molecule has 1 unspecified atom stereocenters. The van der Waals surface area contributed by atoms with Crippen LogP contribution in [0.25, 0.3) is 0 Å². The average Bonchev–Trinajstić information content (AvgIpc) is 2.53. The molecule has 1 amide bonds. The predicted octanol–water partition coefficient (Wildman–Crippen LogP) is 2.15. The van der Waals surface area contributed by atoms with Crippen molar-refractivity contribution < 1.29 is 14.7 Å². The highest BCUT2D eigenvalue weighted by Gasteiger charge is 2.28. The monoisotopic (exact) mass is 353 g/mol. The van der Waals surface area contributed by atoms with E-state index in [2.05, 4.69) is 10.2 Å². The van der Waals surface area contributed by atoms with Crippen molar-refractivity contribution in [2.75, 3.05) is 32.0 Å². The summed E-state index contributed by atoms with van der Waals surface area (Å²) in [6, 6.07) is 7.10. The van der Waals surface area contributed by atoms with Crippen LogP contribution in [0.5, 0.6) is 0 Å². The second kappa shape index (κ2) is 8.46. The van der Waals surface area contributed by atoms with Gasteiger partial charge in [-0.1, -0.05) is 17.7 Å². The minimum atomic E-state index is -0.811. The van der Waals surface area contributed by atoms with Crippen molar-refractivity contribution in [2.24, 2.45) is 0 Å². The fraction of sp³-hybridized carbons (Fsp3) is 0.529. The van der Waals surface area contributed by atoms with Gasteiger partial charge >= 0.3 is 5.97 Å². The molecule has 0 spiro atoms. The number of likely N-dealkylation sites (tertiary alicyclic amines) is 1. The van der Waals surface area contributed by atoms with Crippen molar-refractivity contribution in [2.45, 2.75) is 31.8 Å². The number of nitrogens with one attached hydrogen (secondary N) is 1. The summed E-state index contributed by atoms with van der Waals surface area (Å²) in [4.78, 5) is 27.2. The predicted molar refractivity (Wildman–Crippen MR) is 94.4 cm³/mol. The van der Waals surface area contributed by atoms with E-state index in [9.17, 15) is 9.59 Å². The molecule has 132 valence electrons. The SMILES string of the molecule is CC(C(=O)Nc1cccc(Cl)c1)N1CCC(N(C)CC(=O)O)CC1. The zero-order chi connectivity index (χ0) is 17.7. The molecule has 0 aliphatic carbocycles. The minimum Gasteiger partial charge on any atom is -0.480 e. The molecule has 1 fully saturated rings. The maximum atomic E-state index is 12.4. The zero-order valence-corrected chi connectivity index (χ0v) is 14.8. The zero-order valence-electron chi connectivity index (χ0n) is 14.0. The van der Waals surface area contributed by atoms with Crippen LogP contribution >= 0.6 is 11.6 Å². The van der Waals surface area contributed by atoms with Gasteiger partial charge in [0.2, 0.25) is 5.91 Å². The highest BCUT2D eigenvalue weighted by atomic mass is 35.5. The van der Waals surface area contributed by atoms with Crippen LogP contribution in [0.2, 0.25) is 5.02 Å². The smallest absolute Gasteiger partial charge is 0.317 e. The lowest BCUT2D eigenvalue weighted by molar-refractivity contribution is -0.138. The molecule has 0 saturated carbocycles. The van der Waals surface area contributed by atoms with Gasteiger partial charge in [-0.25, -0.2) is 0 Å². The summed E-state index contributed by atoms with van der Waals surface area (Å²) in [5.41, 5.74) is 0.690. The third kappa shape index (κ3) is 5.19. The quantitative estimate of drug-likeness (QED) is 0.819. The van der Waals surface area contributed by atoms with Crippen LogP contribution in [-0.4, -0.2) is 65.5 Å². The topological polar surface area (TPSA) is 72.9 Å². The van der Waals surface area contributed by atoms with Gasteiger partial charge in [-0.15, -0.1) is 0 Å². The number of carbonyl (C=O) groups is 2. The van der Waals surface area contributed by atoms with Crippen molar-refractivity contribution in [3.63, 3.8) is 0 Å². The first-order chi connectivity index (χ1) is 11.4. The number of nitrogens with zero attached hydrogens (tertiary/aromatic N) is 2. The normalized spacial score (nSPS) is 17.7. The maximum Gasteiger partial charge on any atom is 0.317 e. The van der Waals surface area contributed by atoms with Crippen molar-refractivity contribution in [1.29, 1.82) is 0 Å². The third-order valence-electron chi connectivity index (χ3n) is 4.53. The van der Waals surface area contributed by atoms with Crippen molar-refractivity contribution in [1.82, 2.24) is 9.80 Å². The molecule has 24 heavy (non-hydrogen) atoms. The second-order valence-electron chi connectivity index (χ2n) is 6.25. The van der Waals surface area contributed by atoms with E-state index in [4.69, 9.17) is 16.7 Å².